The summed E-state index contributed by atoms with van der Waals surface area (Å²) < 4.78 is 215. The maximum Gasteiger partial charge on any atom is 0.423 e. The van der Waals surface area contributed by atoms with Crippen LogP contribution >= 0.6 is 0 Å². The van der Waals surface area contributed by atoms with Crippen LogP contribution in [-0.4, -0.2) is 65.8 Å². The molecule has 0 fully saturated rings. The van der Waals surface area contributed by atoms with Gasteiger partial charge in [0.25, 0.3) is 6.43 Å². The van der Waals surface area contributed by atoms with E-state index >= 15 is 0 Å². The molecule has 0 saturated carbocycles. The predicted octanol–water partition coefficient (Wildman–Crippen LogP) is 5.03. The molecule has 0 rings (SSSR count). The van der Waals surface area contributed by atoms with Gasteiger partial charge in [0.05, 0.1) is 0 Å². The Morgan fingerprint density at radius 3 is 1.07 bits per heavy atom. The Labute approximate surface area is 142 Å². The SMILES string of the molecule is OC(F)(F)C(F)(F)C(F)(F)C(F)(F)C(F)(F)C(F)(F)C(F)C(F)C(F)C(F)F. The van der Waals surface area contributed by atoms with Crippen molar-refractivity contribution in [1.82, 2.24) is 0 Å². The third-order valence-corrected chi connectivity index (χ3v) is 3.15. The fourth-order valence-corrected chi connectivity index (χ4v) is 1.47. The lowest BCUT2D eigenvalue weighted by atomic mass is 9.90. The summed E-state index contributed by atoms with van der Waals surface area (Å²) in [5.41, 5.74) is 0. The summed E-state index contributed by atoms with van der Waals surface area (Å²) in [6.45, 7) is 0. The van der Waals surface area contributed by atoms with E-state index in [-0.39, 0.29) is 0 Å². The quantitative estimate of drug-likeness (QED) is 0.475. The van der Waals surface area contributed by atoms with Gasteiger partial charge in [-0.25, -0.2) is 22.0 Å². The van der Waals surface area contributed by atoms with E-state index in [0.29, 0.717) is 0 Å². The molecule has 0 spiro atoms. The molecule has 0 aromatic carbocycles. The molecular weight excluding hydrogens is 459 g/mol. The van der Waals surface area contributed by atoms with Crippen LogP contribution in [0.1, 0.15) is 0 Å². The molecule has 0 heterocycles. The van der Waals surface area contributed by atoms with Crippen LogP contribution in [0.2, 0.25) is 0 Å². The van der Waals surface area contributed by atoms with E-state index in [9.17, 15) is 74.6 Å². The average molecular weight is 464 g/mol. The lowest BCUT2D eigenvalue weighted by Gasteiger charge is -2.41. The lowest BCUT2D eigenvalue weighted by Crippen LogP contribution is -2.72. The highest BCUT2D eigenvalue weighted by Crippen LogP contribution is 2.60. The van der Waals surface area contributed by atoms with Gasteiger partial charge in [-0.1, -0.05) is 0 Å². The molecule has 1 nitrogen and oxygen atoms in total. The summed E-state index contributed by atoms with van der Waals surface area (Å²) in [6.07, 6.45) is -27.4. The zero-order chi connectivity index (χ0) is 23.3. The second-order valence-electron chi connectivity index (χ2n) is 5.09. The van der Waals surface area contributed by atoms with Gasteiger partial charge in [0.1, 0.15) is 0 Å². The highest BCUT2D eigenvalue weighted by molar-refractivity contribution is 5.12. The molecule has 3 unspecified atom stereocenters. The van der Waals surface area contributed by atoms with E-state index in [1.54, 1.807) is 0 Å². The first-order chi connectivity index (χ1) is 11.9. The summed E-state index contributed by atoms with van der Waals surface area (Å²) in [7, 11) is 0. The van der Waals surface area contributed by atoms with E-state index in [4.69, 9.17) is 5.11 Å². The topological polar surface area (TPSA) is 20.2 Å². The van der Waals surface area contributed by atoms with Crippen molar-refractivity contribution in [2.75, 3.05) is 0 Å². The average Bonchev–Trinajstić information content (AvgIpc) is 2.50. The van der Waals surface area contributed by atoms with Crippen molar-refractivity contribution >= 4 is 0 Å². The predicted molar refractivity (Wildman–Crippen MR) is 52.6 cm³/mol. The van der Waals surface area contributed by atoms with Gasteiger partial charge in [-0.2, -0.15) is 52.7 Å². The van der Waals surface area contributed by atoms with Crippen LogP contribution in [0.5, 0.6) is 0 Å². The van der Waals surface area contributed by atoms with Crippen molar-refractivity contribution in [1.29, 1.82) is 0 Å². The Bertz CT molecular complexity index is 537. The largest absolute Gasteiger partial charge is 0.423 e. The third-order valence-electron chi connectivity index (χ3n) is 3.15. The van der Waals surface area contributed by atoms with Gasteiger partial charge in [0, 0.05) is 0 Å². The van der Waals surface area contributed by atoms with E-state index in [2.05, 4.69) is 0 Å². The fourth-order valence-electron chi connectivity index (χ4n) is 1.47. The second kappa shape index (κ2) is 7.23. The normalized spacial score (nSPS) is 19.0. The van der Waals surface area contributed by atoms with Gasteiger partial charge in [0.15, 0.2) is 12.3 Å². The molecule has 0 saturated heterocycles. The second-order valence-corrected chi connectivity index (χ2v) is 5.09. The number of alkyl halides is 17. The summed E-state index contributed by atoms with van der Waals surface area (Å²) in [5.74, 6) is -40.3. The van der Waals surface area contributed by atoms with Gasteiger partial charge in [-0.05, 0) is 0 Å². The maximum absolute atomic E-state index is 13.1. The molecule has 0 aromatic rings. The summed E-state index contributed by atoms with van der Waals surface area (Å²) in [4.78, 5) is 0. The summed E-state index contributed by atoms with van der Waals surface area (Å²) in [5, 5.41) is 7.45. The molecular formula is C10H5F17O. The Morgan fingerprint density at radius 1 is 0.464 bits per heavy atom. The van der Waals surface area contributed by atoms with Crippen molar-refractivity contribution in [3.63, 3.8) is 0 Å². The molecule has 170 valence electrons. The number of hydrogen-bond acceptors (Lipinski definition) is 1. The van der Waals surface area contributed by atoms with Crippen molar-refractivity contribution in [3.8, 4) is 0 Å². The van der Waals surface area contributed by atoms with Gasteiger partial charge in [0.2, 0.25) is 6.17 Å². The van der Waals surface area contributed by atoms with Crippen LogP contribution in [0.4, 0.5) is 74.6 Å². The first-order valence-corrected chi connectivity index (χ1v) is 6.12. The highest BCUT2D eigenvalue weighted by atomic mass is 19.4. The minimum absolute atomic E-state index is 4.69. The third kappa shape index (κ3) is 3.67. The van der Waals surface area contributed by atoms with Gasteiger partial charge in [-0.3, -0.25) is 0 Å². The summed E-state index contributed by atoms with van der Waals surface area (Å²) in [6, 6.07) is 0. The van der Waals surface area contributed by atoms with Crippen molar-refractivity contribution in [3.05, 3.63) is 0 Å². The summed E-state index contributed by atoms with van der Waals surface area (Å²) >= 11 is 0. The van der Waals surface area contributed by atoms with Crippen LogP contribution in [-0.2, 0) is 0 Å². The van der Waals surface area contributed by atoms with Gasteiger partial charge >= 0.3 is 35.7 Å². The van der Waals surface area contributed by atoms with Crippen LogP contribution < -0.4 is 0 Å². The number of rotatable bonds is 9. The molecule has 0 bridgehead atoms. The molecule has 0 aliphatic rings. The standard InChI is InChI=1S/C10H5F17O/c11-1(2(12)4(14)15)3(13)5(16,17)6(18,19)7(20,21)8(22,23)9(24,25)10(26,27)28/h1-4,28H. The van der Waals surface area contributed by atoms with Gasteiger partial charge < -0.3 is 5.11 Å². The zero-order valence-electron chi connectivity index (χ0n) is 12.2. The first kappa shape index (κ1) is 26.8. The molecule has 0 aliphatic heterocycles. The minimum atomic E-state index is -8.36. The molecule has 0 aromatic heterocycles. The van der Waals surface area contributed by atoms with Crippen LogP contribution in [0, 0.1) is 0 Å². The molecule has 0 aliphatic carbocycles. The number of aliphatic hydroxyl groups is 1. The van der Waals surface area contributed by atoms with E-state index in [1.807, 2.05) is 0 Å². The first-order valence-electron chi connectivity index (χ1n) is 6.12. The van der Waals surface area contributed by atoms with Crippen LogP contribution in [0.3, 0.4) is 0 Å². The van der Waals surface area contributed by atoms with Crippen molar-refractivity contribution < 1.29 is 79.7 Å². The minimum Gasteiger partial charge on any atom is -0.331 e. The van der Waals surface area contributed by atoms with E-state index < -0.39 is 60.7 Å². The lowest BCUT2D eigenvalue weighted by molar-refractivity contribution is -0.454. The Hall–Kier alpha value is -1.23. The highest BCUT2D eigenvalue weighted by Gasteiger charge is 2.91. The molecule has 28 heavy (non-hydrogen) atoms. The van der Waals surface area contributed by atoms with Crippen molar-refractivity contribution in [2.45, 2.75) is 60.7 Å². The molecule has 0 radical (unpaired) electrons. The number of halogens is 17. The zero-order valence-corrected chi connectivity index (χ0v) is 12.2. The smallest absolute Gasteiger partial charge is 0.331 e. The Morgan fingerprint density at radius 2 is 0.786 bits per heavy atom. The Balaban J connectivity index is 6.32. The molecule has 3 atom stereocenters. The Kier molecular flexibility index (Phi) is 6.91. The maximum atomic E-state index is 13.1. The van der Waals surface area contributed by atoms with Gasteiger partial charge in [-0.15, -0.1) is 0 Å². The van der Waals surface area contributed by atoms with Crippen LogP contribution in [0.25, 0.3) is 0 Å². The van der Waals surface area contributed by atoms with Crippen LogP contribution in [0.15, 0.2) is 0 Å². The molecule has 1 N–H and O–H groups in total. The number of hydrogen-bond donors (Lipinski definition) is 1. The monoisotopic (exact) mass is 464 g/mol. The molecule has 0 amide bonds. The van der Waals surface area contributed by atoms with Crippen molar-refractivity contribution in [2.24, 2.45) is 0 Å². The van der Waals surface area contributed by atoms with E-state index in [1.165, 1.54) is 0 Å². The van der Waals surface area contributed by atoms with E-state index in [0.717, 1.165) is 0 Å². The molecule has 18 heteroatoms. The fraction of sp³-hybridized carbons (Fsp3) is 1.00.